The fraction of sp³-hybridized carbons (Fsp3) is 0.308. The van der Waals surface area contributed by atoms with E-state index in [0.717, 1.165) is 16.8 Å². The van der Waals surface area contributed by atoms with Gasteiger partial charge in [-0.2, -0.15) is 5.10 Å². The number of rotatable bonds is 2. The van der Waals surface area contributed by atoms with E-state index >= 15 is 0 Å². The van der Waals surface area contributed by atoms with Gasteiger partial charge in [-0.05, 0) is 44.5 Å². The van der Waals surface area contributed by atoms with Crippen LogP contribution < -0.4 is 5.73 Å². The summed E-state index contributed by atoms with van der Waals surface area (Å²) in [6.07, 6.45) is 1.72. The van der Waals surface area contributed by atoms with Crippen LogP contribution in [0.4, 0.5) is 10.1 Å². The largest absolute Gasteiger partial charge is 0.398 e. The molecule has 3 nitrogen and oxygen atoms in total. The Bertz CT molecular complexity index is 544. The minimum atomic E-state index is -0.320. The predicted octanol–water partition coefficient (Wildman–Crippen LogP) is 3.16. The molecule has 1 aromatic carbocycles. The standard InChI is InChI=1S/C13H16FN3/c1-8(2)17-13(4-5-16-17)11-6-10(14)7-12(15)9(11)3/h4-8H,15H2,1-3H3. The monoisotopic (exact) mass is 233 g/mol. The van der Waals surface area contributed by atoms with E-state index in [1.807, 2.05) is 31.5 Å². The van der Waals surface area contributed by atoms with Gasteiger partial charge in [-0.1, -0.05) is 0 Å². The van der Waals surface area contributed by atoms with Crippen molar-refractivity contribution in [2.75, 3.05) is 5.73 Å². The molecule has 0 saturated heterocycles. The number of benzene rings is 1. The second-order valence-corrected chi connectivity index (χ2v) is 4.42. The Morgan fingerprint density at radius 2 is 2.06 bits per heavy atom. The first-order chi connectivity index (χ1) is 8.00. The lowest BCUT2D eigenvalue weighted by atomic mass is 10.0. The summed E-state index contributed by atoms with van der Waals surface area (Å²) < 4.78 is 15.3. The molecular weight excluding hydrogens is 217 g/mol. The summed E-state index contributed by atoms with van der Waals surface area (Å²) in [4.78, 5) is 0. The van der Waals surface area contributed by atoms with E-state index < -0.39 is 0 Å². The Labute approximate surface area is 100 Å². The van der Waals surface area contributed by atoms with E-state index in [1.165, 1.54) is 12.1 Å². The summed E-state index contributed by atoms with van der Waals surface area (Å²) >= 11 is 0. The van der Waals surface area contributed by atoms with Crippen molar-refractivity contribution < 1.29 is 4.39 Å². The second-order valence-electron chi connectivity index (χ2n) is 4.42. The lowest BCUT2D eigenvalue weighted by Gasteiger charge is -2.14. The van der Waals surface area contributed by atoms with Crippen molar-refractivity contribution in [2.45, 2.75) is 26.8 Å². The normalized spacial score (nSPS) is 11.1. The summed E-state index contributed by atoms with van der Waals surface area (Å²) in [5.41, 5.74) is 8.83. The molecule has 2 aromatic rings. The van der Waals surface area contributed by atoms with Crippen LogP contribution in [0.2, 0.25) is 0 Å². The Morgan fingerprint density at radius 3 is 2.71 bits per heavy atom. The van der Waals surface area contributed by atoms with Crippen LogP contribution in [0, 0.1) is 12.7 Å². The van der Waals surface area contributed by atoms with E-state index in [4.69, 9.17) is 5.73 Å². The van der Waals surface area contributed by atoms with Gasteiger partial charge in [-0.25, -0.2) is 4.39 Å². The topological polar surface area (TPSA) is 43.8 Å². The molecule has 90 valence electrons. The van der Waals surface area contributed by atoms with Crippen LogP contribution in [0.1, 0.15) is 25.5 Å². The lowest BCUT2D eigenvalue weighted by Crippen LogP contribution is -2.06. The van der Waals surface area contributed by atoms with Gasteiger partial charge in [0.05, 0.1) is 5.69 Å². The zero-order chi connectivity index (χ0) is 12.6. The summed E-state index contributed by atoms with van der Waals surface area (Å²) in [6, 6.07) is 4.95. The molecule has 0 aliphatic rings. The van der Waals surface area contributed by atoms with Gasteiger partial charge in [0.25, 0.3) is 0 Å². The average Bonchev–Trinajstić information content (AvgIpc) is 2.72. The molecule has 0 bridgehead atoms. The molecular formula is C13H16FN3. The van der Waals surface area contributed by atoms with Gasteiger partial charge in [-0.15, -0.1) is 0 Å². The molecule has 0 aliphatic carbocycles. The maximum atomic E-state index is 13.4. The van der Waals surface area contributed by atoms with Gasteiger partial charge >= 0.3 is 0 Å². The Kier molecular flexibility index (Phi) is 2.88. The quantitative estimate of drug-likeness (QED) is 0.810. The van der Waals surface area contributed by atoms with Crippen molar-refractivity contribution in [1.82, 2.24) is 9.78 Å². The number of hydrogen-bond acceptors (Lipinski definition) is 2. The van der Waals surface area contributed by atoms with E-state index in [2.05, 4.69) is 5.10 Å². The number of nitrogens with two attached hydrogens (primary N) is 1. The molecule has 0 unspecified atom stereocenters. The van der Waals surface area contributed by atoms with Gasteiger partial charge in [0.15, 0.2) is 0 Å². The van der Waals surface area contributed by atoms with Gasteiger partial charge in [-0.3, -0.25) is 4.68 Å². The number of anilines is 1. The minimum Gasteiger partial charge on any atom is -0.398 e. The van der Waals surface area contributed by atoms with Crippen LogP contribution in [-0.4, -0.2) is 9.78 Å². The Hall–Kier alpha value is -1.84. The van der Waals surface area contributed by atoms with Gasteiger partial charge in [0, 0.05) is 23.5 Å². The molecule has 0 saturated carbocycles. The zero-order valence-electron chi connectivity index (χ0n) is 10.2. The summed E-state index contributed by atoms with van der Waals surface area (Å²) in [6.45, 7) is 5.96. The fourth-order valence-electron chi connectivity index (χ4n) is 1.91. The van der Waals surface area contributed by atoms with Crippen molar-refractivity contribution in [2.24, 2.45) is 0 Å². The van der Waals surface area contributed by atoms with Crippen molar-refractivity contribution in [1.29, 1.82) is 0 Å². The molecule has 17 heavy (non-hydrogen) atoms. The van der Waals surface area contributed by atoms with Crippen LogP contribution in [0.25, 0.3) is 11.3 Å². The zero-order valence-corrected chi connectivity index (χ0v) is 10.2. The van der Waals surface area contributed by atoms with E-state index in [-0.39, 0.29) is 11.9 Å². The molecule has 0 fully saturated rings. The smallest absolute Gasteiger partial charge is 0.125 e. The molecule has 0 amide bonds. The number of halogens is 1. The van der Waals surface area contributed by atoms with Crippen molar-refractivity contribution in [3.63, 3.8) is 0 Å². The van der Waals surface area contributed by atoms with Gasteiger partial charge < -0.3 is 5.73 Å². The molecule has 2 rings (SSSR count). The highest BCUT2D eigenvalue weighted by Gasteiger charge is 2.13. The van der Waals surface area contributed by atoms with E-state index in [1.54, 1.807) is 6.20 Å². The number of hydrogen-bond donors (Lipinski definition) is 1. The van der Waals surface area contributed by atoms with Crippen LogP contribution in [-0.2, 0) is 0 Å². The van der Waals surface area contributed by atoms with Crippen LogP contribution >= 0.6 is 0 Å². The van der Waals surface area contributed by atoms with Crippen molar-refractivity contribution >= 4 is 5.69 Å². The van der Waals surface area contributed by atoms with Gasteiger partial charge in [0.1, 0.15) is 5.82 Å². The third kappa shape index (κ3) is 2.02. The summed E-state index contributed by atoms with van der Waals surface area (Å²) in [7, 11) is 0. The first kappa shape index (κ1) is 11.6. The first-order valence-electron chi connectivity index (χ1n) is 5.60. The molecule has 0 aliphatic heterocycles. The molecule has 0 radical (unpaired) electrons. The van der Waals surface area contributed by atoms with E-state index in [0.29, 0.717) is 5.69 Å². The van der Waals surface area contributed by atoms with Crippen LogP contribution in [0.3, 0.4) is 0 Å². The fourth-order valence-corrected chi connectivity index (χ4v) is 1.91. The first-order valence-corrected chi connectivity index (χ1v) is 5.60. The molecule has 0 spiro atoms. The summed E-state index contributed by atoms with van der Waals surface area (Å²) in [5, 5.41) is 4.25. The lowest BCUT2D eigenvalue weighted by molar-refractivity contribution is 0.538. The Morgan fingerprint density at radius 1 is 1.35 bits per heavy atom. The predicted molar refractivity (Wildman–Crippen MR) is 67.2 cm³/mol. The molecule has 4 heteroatoms. The maximum Gasteiger partial charge on any atom is 0.125 e. The molecule has 0 atom stereocenters. The molecule has 1 heterocycles. The number of nitrogens with zero attached hydrogens (tertiary/aromatic N) is 2. The third-order valence-corrected chi connectivity index (χ3v) is 2.85. The molecule has 1 aromatic heterocycles. The highest BCUT2D eigenvalue weighted by Crippen LogP contribution is 2.29. The van der Waals surface area contributed by atoms with Crippen LogP contribution in [0.15, 0.2) is 24.4 Å². The third-order valence-electron chi connectivity index (χ3n) is 2.85. The maximum absolute atomic E-state index is 13.4. The highest BCUT2D eigenvalue weighted by molar-refractivity contribution is 5.70. The number of aromatic nitrogens is 2. The van der Waals surface area contributed by atoms with Gasteiger partial charge in [0.2, 0.25) is 0 Å². The minimum absolute atomic E-state index is 0.226. The SMILES string of the molecule is Cc1c(N)cc(F)cc1-c1ccnn1C(C)C. The summed E-state index contributed by atoms with van der Waals surface area (Å²) in [5.74, 6) is -0.320. The molecule has 2 N–H and O–H groups in total. The second kappa shape index (κ2) is 4.20. The highest BCUT2D eigenvalue weighted by atomic mass is 19.1. The van der Waals surface area contributed by atoms with E-state index in [9.17, 15) is 4.39 Å². The number of nitrogen functional groups attached to an aromatic ring is 1. The van der Waals surface area contributed by atoms with Crippen molar-refractivity contribution in [3.05, 3.63) is 35.8 Å². The van der Waals surface area contributed by atoms with Crippen molar-refractivity contribution in [3.8, 4) is 11.3 Å². The Balaban J connectivity index is 2.64. The van der Waals surface area contributed by atoms with Crippen LogP contribution in [0.5, 0.6) is 0 Å². The average molecular weight is 233 g/mol.